The van der Waals surface area contributed by atoms with Crippen LogP contribution in [0, 0.1) is 0 Å². The number of aliphatic imine (C=N–C) groups is 1. The van der Waals surface area contributed by atoms with Crippen LogP contribution in [0.4, 0.5) is 13.2 Å². The van der Waals surface area contributed by atoms with Crippen molar-refractivity contribution in [2.45, 2.75) is 39.0 Å². The number of guanidine groups is 1. The van der Waals surface area contributed by atoms with Gasteiger partial charge in [0.1, 0.15) is 5.76 Å². The van der Waals surface area contributed by atoms with Crippen molar-refractivity contribution < 1.29 is 17.6 Å². The molecule has 26 heavy (non-hydrogen) atoms. The van der Waals surface area contributed by atoms with Crippen LogP contribution in [0.5, 0.6) is 0 Å². The number of furan rings is 1. The van der Waals surface area contributed by atoms with E-state index in [1.165, 1.54) is 6.07 Å². The summed E-state index contributed by atoms with van der Waals surface area (Å²) in [7, 11) is 0. The van der Waals surface area contributed by atoms with Gasteiger partial charge in [0.15, 0.2) is 5.96 Å². The Morgan fingerprint density at radius 3 is 2.58 bits per heavy atom. The normalized spacial score (nSPS) is 12.0. The summed E-state index contributed by atoms with van der Waals surface area (Å²) in [6, 6.07) is 9.07. The summed E-state index contributed by atoms with van der Waals surface area (Å²) < 4.78 is 43.6. The smallest absolute Gasteiger partial charge is 0.416 e. The van der Waals surface area contributed by atoms with Crippen LogP contribution >= 0.6 is 24.0 Å². The molecule has 8 heteroatoms. The Morgan fingerprint density at radius 1 is 1.19 bits per heavy atom. The maximum Gasteiger partial charge on any atom is 0.416 e. The summed E-state index contributed by atoms with van der Waals surface area (Å²) >= 11 is 0. The number of rotatable bonds is 6. The number of nitrogens with one attached hydrogen (secondary N) is 2. The van der Waals surface area contributed by atoms with E-state index in [2.05, 4.69) is 15.6 Å². The molecule has 2 N–H and O–H groups in total. The second-order valence-electron chi connectivity index (χ2n) is 5.92. The molecule has 4 nitrogen and oxygen atoms in total. The van der Waals surface area contributed by atoms with Gasteiger partial charge in [0, 0.05) is 19.0 Å². The van der Waals surface area contributed by atoms with Crippen molar-refractivity contribution in [1.29, 1.82) is 0 Å². The topological polar surface area (TPSA) is 49.6 Å². The third kappa shape index (κ3) is 7.67. The lowest BCUT2D eigenvalue weighted by Gasteiger charge is -2.15. The van der Waals surface area contributed by atoms with Gasteiger partial charge in [-0.1, -0.05) is 12.1 Å². The molecule has 2 rings (SSSR count). The molecule has 0 aliphatic heterocycles. The van der Waals surface area contributed by atoms with Crippen molar-refractivity contribution in [2.75, 3.05) is 6.54 Å². The molecule has 0 bridgehead atoms. The molecule has 0 radical (unpaired) electrons. The fourth-order valence-corrected chi connectivity index (χ4v) is 2.20. The van der Waals surface area contributed by atoms with Crippen LogP contribution in [0.2, 0.25) is 0 Å². The number of hydrogen-bond donors (Lipinski definition) is 2. The summed E-state index contributed by atoms with van der Waals surface area (Å²) in [6.07, 6.45) is -2.04. The lowest BCUT2D eigenvalue weighted by Crippen LogP contribution is -2.41. The van der Waals surface area contributed by atoms with Crippen molar-refractivity contribution in [3.8, 4) is 0 Å². The van der Waals surface area contributed by atoms with Gasteiger partial charge in [-0.05, 0) is 43.7 Å². The Hall–Kier alpha value is -1.71. The number of hydrogen-bond acceptors (Lipinski definition) is 2. The molecule has 1 aromatic carbocycles. The first-order valence-electron chi connectivity index (χ1n) is 8.08. The molecular weight excluding hydrogens is 458 g/mol. The van der Waals surface area contributed by atoms with E-state index in [4.69, 9.17) is 4.42 Å². The highest BCUT2D eigenvalue weighted by Crippen LogP contribution is 2.29. The average Bonchev–Trinajstić information content (AvgIpc) is 3.05. The van der Waals surface area contributed by atoms with Gasteiger partial charge in [-0.3, -0.25) is 0 Å². The maximum atomic E-state index is 12.8. The molecule has 0 amide bonds. The van der Waals surface area contributed by atoms with E-state index in [-0.39, 0.29) is 36.6 Å². The molecule has 0 aliphatic rings. The van der Waals surface area contributed by atoms with Crippen LogP contribution in [-0.4, -0.2) is 18.5 Å². The van der Waals surface area contributed by atoms with Crippen LogP contribution in [0.1, 0.15) is 30.7 Å². The summed E-state index contributed by atoms with van der Waals surface area (Å²) in [4.78, 5) is 4.37. The zero-order valence-electron chi connectivity index (χ0n) is 14.6. The largest absolute Gasteiger partial charge is 0.469 e. The molecule has 0 saturated heterocycles. The van der Waals surface area contributed by atoms with Crippen LogP contribution in [0.15, 0.2) is 52.1 Å². The molecular formula is C18H23F3IN3O. The Bertz CT molecular complexity index is 685. The molecule has 0 aliphatic carbocycles. The Labute approximate surface area is 168 Å². The molecule has 0 spiro atoms. The minimum Gasteiger partial charge on any atom is -0.469 e. The highest BCUT2D eigenvalue weighted by molar-refractivity contribution is 14.0. The minimum atomic E-state index is -4.35. The van der Waals surface area contributed by atoms with Crippen molar-refractivity contribution in [2.24, 2.45) is 4.99 Å². The number of halogens is 4. The van der Waals surface area contributed by atoms with Gasteiger partial charge in [-0.15, -0.1) is 24.0 Å². The fourth-order valence-electron chi connectivity index (χ4n) is 2.20. The summed E-state index contributed by atoms with van der Waals surface area (Å²) in [5, 5.41) is 6.32. The number of benzene rings is 1. The summed E-state index contributed by atoms with van der Waals surface area (Å²) in [5.74, 6) is 1.41. The van der Waals surface area contributed by atoms with E-state index in [1.54, 1.807) is 12.3 Å². The second-order valence-corrected chi connectivity index (χ2v) is 5.92. The first-order chi connectivity index (χ1) is 11.8. The van der Waals surface area contributed by atoms with Crippen molar-refractivity contribution in [3.05, 3.63) is 59.5 Å². The fraction of sp³-hybridized carbons (Fsp3) is 0.389. The van der Waals surface area contributed by atoms with Crippen LogP contribution < -0.4 is 10.6 Å². The van der Waals surface area contributed by atoms with Gasteiger partial charge >= 0.3 is 6.18 Å². The van der Waals surface area contributed by atoms with Gasteiger partial charge in [0.25, 0.3) is 0 Å². The van der Waals surface area contributed by atoms with Crippen LogP contribution in [0.3, 0.4) is 0 Å². The maximum absolute atomic E-state index is 12.8. The Kier molecular flexibility index (Phi) is 8.97. The average molecular weight is 481 g/mol. The monoisotopic (exact) mass is 481 g/mol. The zero-order valence-corrected chi connectivity index (χ0v) is 17.0. The molecule has 1 aromatic heterocycles. The highest BCUT2D eigenvalue weighted by atomic mass is 127. The minimum absolute atomic E-state index is 0. The molecule has 1 heterocycles. The van der Waals surface area contributed by atoms with Gasteiger partial charge in [0.2, 0.25) is 0 Å². The van der Waals surface area contributed by atoms with E-state index >= 15 is 0 Å². The predicted octanol–water partition coefficient (Wildman–Crippen LogP) is 4.60. The highest BCUT2D eigenvalue weighted by Gasteiger charge is 2.30. The van der Waals surface area contributed by atoms with E-state index in [9.17, 15) is 13.2 Å². The zero-order chi connectivity index (χ0) is 18.3. The molecule has 0 atom stereocenters. The van der Waals surface area contributed by atoms with E-state index in [0.29, 0.717) is 24.5 Å². The van der Waals surface area contributed by atoms with Crippen molar-refractivity contribution >= 4 is 29.9 Å². The molecule has 0 unspecified atom stereocenters. The van der Waals surface area contributed by atoms with E-state index in [1.807, 2.05) is 26.0 Å². The first-order valence-corrected chi connectivity index (χ1v) is 8.08. The second kappa shape index (κ2) is 10.4. The number of nitrogens with zero attached hydrogens (tertiary/aromatic N) is 1. The third-order valence-electron chi connectivity index (χ3n) is 3.34. The Morgan fingerprint density at radius 2 is 1.96 bits per heavy atom. The van der Waals surface area contributed by atoms with Crippen molar-refractivity contribution in [3.63, 3.8) is 0 Å². The quantitative estimate of drug-likeness (QED) is 0.360. The van der Waals surface area contributed by atoms with E-state index < -0.39 is 11.7 Å². The van der Waals surface area contributed by atoms with Crippen LogP contribution in [0.25, 0.3) is 0 Å². The van der Waals surface area contributed by atoms with Gasteiger partial charge in [-0.2, -0.15) is 13.2 Å². The molecule has 2 aromatic rings. The van der Waals surface area contributed by atoms with Crippen LogP contribution in [-0.2, 0) is 19.1 Å². The van der Waals surface area contributed by atoms with Gasteiger partial charge < -0.3 is 15.1 Å². The third-order valence-corrected chi connectivity index (χ3v) is 3.34. The van der Waals surface area contributed by atoms with Gasteiger partial charge in [-0.25, -0.2) is 4.99 Å². The van der Waals surface area contributed by atoms with Gasteiger partial charge in [0.05, 0.1) is 18.4 Å². The summed E-state index contributed by atoms with van der Waals surface area (Å²) in [5.41, 5.74) is -0.157. The Balaban J connectivity index is 0.00000338. The number of alkyl halides is 3. The summed E-state index contributed by atoms with van der Waals surface area (Å²) in [6.45, 7) is 4.70. The molecule has 0 fully saturated rings. The first kappa shape index (κ1) is 22.3. The lowest BCUT2D eigenvalue weighted by molar-refractivity contribution is -0.137. The van der Waals surface area contributed by atoms with E-state index in [0.717, 1.165) is 17.9 Å². The standard InChI is InChI=1S/C18H22F3N3O.HI/c1-13(2)24-17(22-9-8-16-7-4-10-25-16)23-12-14-5-3-6-15(11-14)18(19,20)21;/h3-7,10-11,13H,8-9,12H2,1-2H3,(H2,22,23,24);1H. The molecule has 144 valence electrons. The predicted molar refractivity (Wildman–Crippen MR) is 107 cm³/mol. The van der Waals surface area contributed by atoms with Crippen molar-refractivity contribution in [1.82, 2.24) is 10.6 Å². The SMILES string of the molecule is CC(C)NC(=NCc1cccc(C(F)(F)F)c1)NCCc1ccco1.I. The lowest BCUT2D eigenvalue weighted by atomic mass is 10.1. The molecule has 0 saturated carbocycles.